The predicted molar refractivity (Wildman–Crippen MR) is 131 cm³/mol. The SMILES string of the molecule is CC[C@H](C)Nc1ncc2c(OC3CCC(C(C)(C)O)CC3)ncc(C3CCC(O)CC3)c2n1. The Bertz CT molecular complexity index is 929. The molecule has 33 heavy (non-hydrogen) atoms. The molecule has 2 heterocycles. The lowest BCUT2D eigenvalue weighted by Gasteiger charge is -2.35. The summed E-state index contributed by atoms with van der Waals surface area (Å²) in [7, 11) is 0. The maximum Gasteiger partial charge on any atom is 0.224 e. The van der Waals surface area contributed by atoms with E-state index in [9.17, 15) is 10.2 Å². The van der Waals surface area contributed by atoms with E-state index >= 15 is 0 Å². The molecule has 182 valence electrons. The van der Waals surface area contributed by atoms with Gasteiger partial charge in [0, 0.05) is 24.0 Å². The molecule has 0 saturated heterocycles. The minimum absolute atomic E-state index is 0.0906. The van der Waals surface area contributed by atoms with Crippen LogP contribution in [0.1, 0.15) is 97.0 Å². The lowest BCUT2D eigenvalue weighted by molar-refractivity contribution is -0.0154. The molecule has 0 spiro atoms. The minimum Gasteiger partial charge on any atom is -0.474 e. The number of ether oxygens (including phenoxy) is 1. The summed E-state index contributed by atoms with van der Waals surface area (Å²) in [6.07, 6.45) is 11.9. The van der Waals surface area contributed by atoms with Crippen molar-refractivity contribution in [2.45, 2.75) is 115 Å². The second kappa shape index (κ2) is 10.1. The van der Waals surface area contributed by atoms with Crippen molar-refractivity contribution in [1.29, 1.82) is 0 Å². The molecule has 0 aliphatic heterocycles. The zero-order valence-electron chi connectivity index (χ0n) is 20.5. The number of aliphatic hydroxyl groups excluding tert-OH is 1. The smallest absolute Gasteiger partial charge is 0.224 e. The number of hydrogen-bond donors (Lipinski definition) is 3. The highest BCUT2D eigenvalue weighted by molar-refractivity contribution is 5.86. The Morgan fingerprint density at radius 2 is 1.76 bits per heavy atom. The van der Waals surface area contributed by atoms with Gasteiger partial charge in [0.1, 0.15) is 6.10 Å². The van der Waals surface area contributed by atoms with E-state index in [1.807, 2.05) is 26.2 Å². The van der Waals surface area contributed by atoms with Gasteiger partial charge in [-0.2, -0.15) is 0 Å². The summed E-state index contributed by atoms with van der Waals surface area (Å²) < 4.78 is 6.40. The topological polar surface area (TPSA) is 100 Å². The summed E-state index contributed by atoms with van der Waals surface area (Å²) >= 11 is 0. The quantitative estimate of drug-likeness (QED) is 0.541. The maximum absolute atomic E-state index is 10.3. The fourth-order valence-electron chi connectivity index (χ4n) is 5.23. The Balaban J connectivity index is 1.60. The number of rotatable bonds is 7. The molecule has 2 saturated carbocycles. The van der Waals surface area contributed by atoms with Crippen LogP contribution in [-0.2, 0) is 0 Å². The fraction of sp³-hybridized carbons (Fsp3) is 0.731. The minimum atomic E-state index is -0.641. The Morgan fingerprint density at radius 1 is 1.06 bits per heavy atom. The fourth-order valence-corrected chi connectivity index (χ4v) is 5.23. The molecule has 4 rings (SSSR count). The molecule has 2 aromatic rings. The van der Waals surface area contributed by atoms with Crippen molar-refractivity contribution in [3.05, 3.63) is 18.0 Å². The van der Waals surface area contributed by atoms with Crippen molar-refractivity contribution >= 4 is 16.9 Å². The second-order valence-corrected chi connectivity index (χ2v) is 10.7. The first kappa shape index (κ1) is 24.1. The second-order valence-electron chi connectivity index (χ2n) is 10.7. The van der Waals surface area contributed by atoms with Crippen molar-refractivity contribution in [1.82, 2.24) is 15.0 Å². The molecular weight excluding hydrogens is 416 g/mol. The van der Waals surface area contributed by atoms with Gasteiger partial charge in [-0.1, -0.05) is 6.92 Å². The third-order valence-electron chi connectivity index (χ3n) is 7.69. The lowest BCUT2D eigenvalue weighted by atomic mass is 9.78. The summed E-state index contributed by atoms with van der Waals surface area (Å²) in [4.78, 5) is 14.2. The van der Waals surface area contributed by atoms with E-state index in [1.54, 1.807) is 0 Å². The number of anilines is 1. The van der Waals surface area contributed by atoms with Crippen LogP contribution in [0.2, 0.25) is 0 Å². The van der Waals surface area contributed by atoms with Crippen LogP contribution in [-0.4, -0.2) is 49.0 Å². The van der Waals surface area contributed by atoms with Crippen LogP contribution in [0, 0.1) is 5.92 Å². The maximum atomic E-state index is 10.3. The largest absolute Gasteiger partial charge is 0.474 e. The summed E-state index contributed by atoms with van der Waals surface area (Å²) in [5.41, 5.74) is 1.40. The molecule has 0 unspecified atom stereocenters. The van der Waals surface area contributed by atoms with E-state index in [-0.39, 0.29) is 12.2 Å². The summed E-state index contributed by atoms with van der Waals surface area (Å²) in [6, 6.07) is 0.291. The number of aliphatic hydroxyl groups is 2. The first-order chi connectivity index (χ1) is 15.7. The number of hydrogen-bond acceptors (Lipinski definition) is 7. The van der Waals surface area contributed by atoms with Gasteiger partial charge in [-0.3, -0.25) is 0 Å². The average molecular weight is 457 g/mol. The third kappa shape index (κ3) is 5.75. The standard InChI is InChI=1S/C26H40N4O3/c1-5-16(2)29-25-28-15-22-23(30-25)21(17-6-10-19(31)11-7-17)14-27-24(22)33-20-12-8-18(9-13-20)26(3,4)32/h14-20,31-32H,5-13H2,1-4H3,(H,28,29,30)/t16-,17?,18?,19?,20?/m0/s1. The van der Waals surface area contributed by atoms with Crippen LogP contribution in [0.25, 0.3) is 10.9 Å². The van der Waals surface area contributed by atoms with Crippen LogP contribution in [0.15, 0.2) is 12.4 Å². The van der Waals surface area contributed by atoms with Crippen LogP contribution >= 0.6 is 0 Å². The van der Waals surface area contributed by atoms with Gasteiger partial charge in [0.15, 0.2) is 0 Å². The zero-order chi connectivity index (χ0) is 23.6. The molecule has 0 radical (unpaired) electrons. The van der Waals surface area contributed by atoms with E-state index in [4.69, 9.17) is 14.7 Å². The molecule has 7 heteroatoms. The monoisotopic (exact) mass is 456 g/mol. The van der Waals surface area contributed by atoms with Crippen molar-refractivity contribution in [3.8, 4) is 5.88 Å². The van der Waals surface area contributed by atoms with E-state index in [0.29, 0.717) is 29.7 Å². The number of nitrogens with one attached hydrogen (secondary N) is 1. The highest BCUT2D eigenvalue weighted by Crippen LogP contribution is 2.39. The highest BCUT2D eigenvalue weighted by Gasteiger charge is 2.32. The molecule has 2 fully saturated rings. The summed E-state index contributed by atoms with van der Waals surface area (Å²) in [6.45, 7) is 8.07. The van der Waals surface area contributed by atoms with Crippen LogP contribution in [0.5, 0.6) is 5.88 Å². The normalized spacial score (nSPS) is 27.3. The van der Waals surface area contributed by atoms with E-state index in [2.05, 4.69) is 24.1 Å². The first-order valence-electron chi connectivity index (χ1n) is 12.7. The summed E-state index contributed by atoms with van der Waals surface area (Å²) in [5.74, 6) is 1.89. The molecule has 0 aromatic carbocycles. The highest BCUT2D eigenvalue weighted by atomic mass is 16.5. The molecule has 0 amide bonds. The van der Waals surface area contributed by atoms with Crippen LogP contribution in [0.3, 0.4) is 0 Å². The number of nitrogens with zero attached hydrogens (tertiary/aromatic N) is 3. The average Bonchev–Trinajstić information content (AvgIpc) is 2.79. The van der Waals surface area contributed by atoms with Gasteiger partial charge >= 0.3 is 0 Å². The number of pyridine rings is 1. The zero-order valence-corrected chi connectivity index (χ0v) is 20.5. The van der Waals surface area contributed by atoms with Crippen molar-refractivity contribution in [3.63, 3.8) is 0 Å². The Morgan fingerprint density at radius 3 is 2.39 bits per heavy atom. The third-order valence-corrected chi connectivity index (χ3v) is 7.69. The van der Waals surface area contributed by atoms with Gasteiger partial charge in [0.2, 0.25) is 11.8 Å². The lowest BCUT2D eigenvalue weighted by Crippen LogP contribution is -2.36. The molecule has 1 atom stereocenters. The molecule has 7 nitrogen and oxygen atoms in total. The van der Waals surface area contributed by atoms with Gasteiger partial charge in [-0.25, -0.2) is 15.0 Å². The Labute approximate surface area is 197 Å². The molecular formula is C26H40N4O3. The number of aromatic nitrogens is 3. The molecule has 0 bridgehead atoms. The predicted octanol–water partition coefficient (Wildman–Crippen LogP) is 4.96. The first-order valence-corrected chi connectivity index (χ1v) is 12.7. The van der Waals surface area contributed by atoms with E-state index < -0.39 is 5.60 Å². The van der Waals surface area contributed by atoms with Crippen molar-refractivity contribution in [2.24, 2.45) is 5.92 Å². The Hall–Kier alpha value is -1.99. The molecule has 2 aliphatic rings. The van der Waals surface area contributed by atoms with Crippen LogP contribution in [0.4, 0.5) is 5.95 Å². The molecule has 2 aromatic heterocycles. The van der Waals surface area contributed by atoms with Gasteiger partial charge in [0.05, 0.1) is 22.6 Å². The summed E-state index contributed by atoms with van der Waals surface area (Å²) in [5, 5.41) is 24.6. The van der Waals surface area contributed by atoms with Crippen molar-refractivity contribution in [2.75, 3.05) is 5.32 Å². The van der Waals surface area contributed by atoms with E-state index in [0.717, 1.165) is 74.3 Å². The van der Waals surface area contributed by atoms with Crippen molar-refractivity contribution < 1.29 is 14.9 Å². The number of fused-ring (bicyclic) bond motifs is 1. The van der Waals surface area contributed by atoms with Gasteiger partial charge < -0.3 is 20.3 Å². The van der Waals surface area contributed by atoms with Gasteiger partial charge in [-0.05, 0) is 90.4 Å². The van der Waals surface area contributed by atoms with Gasteiger partial charge in [-0.15, -0.1) is 0 Å². The Kier molecular flexibility index (Phi) is 7.39. The molecule has 3 N–H and O–H groups in total. The van der Waals surface area contributed by atoms with E-state index in [1.165, 1.54) is 0 Å². The van der Waals surface area contributed by atoms with Gasteiger partial charge in [0.25, 0.3) is 0 Å². The molecule has 2 aliphatic carbocycles. The van der Waals surface area contributed by atoms with Crippen LogP contribution < -0.4 is 10.1 Å².